The summed E-state index contributed by atoms with van der Waals surface area (Å²) >= 11 is 6.27. The first-order chi connectivity index (χ1) is 9.27. The predicted octanol–water partition coefficient (Wildman–Crippen LogP) is 3.23. The second kappa shape index (κ2) is 6.13. The quantitative estimate of drug-likeness (QED) is 0.454. The summed E-state index contributed by atoms with van der Waals surface area (Å²) in [7, 11) is 1.40. The van der Waals surface area contributed by atoms with E-state index in [-0.39, 0.29) is 42.4 Å². The standard InChI is InChI=1S/C14H26BClO4/c1-13(2)14(3,4)20-15(19-13)11-7-6-10(16)8-12(11)18-9-17-5/h10-12H,6-9H2,1-5H3. The smallest absolute Gasteiger partial charge is 0.403 e. The largest absolute Gasteiger partial charge is 0.463 e. The molecule has 0 bridgehead atoms. The zero-order valence-electron chi connectivity index (χ0n) is 13.1. The third kappa shape index (κ3) is 3.33. The number of hydrogen-bond donors (Lipinski definition) is 0. The van der Waals surface area contributed by atoms with Crippen molar-refractivity contribution in [1.82, 2.24) is 0 Å². The Labute approximate surface area is 127 Å². The third-order valence-corrected chi connectivity index (χ3v) is 5.20. The van der Waals surface area contributed by atoms with Crippen molar-refractivity contribution in [3.05, 3.63) is 0 Å². The van der Waals surface area contributed by atoms with E-state index in [0.717, 1.165) is 19.3 Å². The maximum atomic E-state index is 6.27. The van der Waals surface area contributed by atoms with Crippen LogP contribution in [0.15, 0.2) is 0 Å². The number of halogens is 1. The van der Waals surface area contributed by atoms with Crippen LogP contribution in [0.2, 0.25) is 5.82 Å². The Morgan fingerprint density at radius 3 is 2.30 bits per heavy atom. The first kappa shape index (κ1) is 16.6. The summed E-state index contributed by atoms with van der Waals surface area (Å²) in [5.41, 5.74) is -0.609. The van der Waals surface area contributed by atoms with Crippen LogP contribution in [-0.4, -0.2) is 43.7 Å². The lowest BCUT2D eigenvalue weighted by atomic mass is 9.63. The summed E-state index contributed by atoms with van der Waals surface area (Å²) in [6.45, 7) is 8.58. The van der Waals surface area contributed by atoms with Crippen molar-refractivity contribution < 1.29 is 18.8 Å². The van der Waals surface area contributed by atoms with Crippen LogP contribution in [0.3, 0.4) is 0 Å². The van der Waals surface area contributed by atoms with Gasteiger partial charge in [0, 0.05) is 18.3 Å². The first-order valence-electron chi connectivity index (χ1n) is 7.37. The molecule has 0 aromatic heterocycles. The SMILES string of the molecule is COCOC1CC(Cl)CCC1B1OC(C)(C)C(C)(C)O1. The summed E-state index contributed by atoms with van der Waals surface area (Å²) in [4.78, 5) is 0. The van der Waals surface area contributed by atoms with E-state index in [1.807, 2.05) is 0 Å². The molecule has 1 aliphatic carbocycles. The topological polar surface area (TPSA) is 36.9 Å². The molecule has 1 saturated heterocycles. The fourth-order valence-corrected chi connectivity index (χ4v) is 3.13. The second-order valence-electron chi connectivity index (χ2n) is 6.81. The highest BCUT2D eigenvalue weighted by Crippen LogP contribution is 2.45. The van der Waals surface area contributed by atoms with Crippen LogP contribution in [0.1, 0.15) is 47.0 Å². The van der Waals surface area contributed by atoms with E-state index in [2.05, 4.69) is 27.7 Å². The van der Waals surface area contributed by atoms with Crippen LogP contribution in [0, 0.1) is 0 Å². The maximum absolute atomic E-state index is 6.27. The fraction of sp³-hybridized carbons (Fsp3) is 1.00. The molecular weight excluding hydrogens is 278 g/mol. The van der Waals surface area contributed by atoms with Crippen LogP contribution in [0.5, 0.6) is 0 Å². The van der Waals surface area contributed by atoms with E-state index in [1.54, 1.807) is 7.11 Å². The van der Waals surface area contributed by atoms with Gasteiger partial charge in [-0.3, -0.25) is 0 Å². The highest BCUT2D eigenvalue weighted by atomic mass is 35.5. The van der Waals surface area contributed by atoms with E-state index in [0.29, 0.717) is 0 Å². The van der Waals surface area contributed by atoms with Gasteiger partial charge in [0.2, 0.25) is 0 Å². The van der Waals surface area contributed by atoms with E-state index >= 15 is 0 Å². The number of ether oxygens (including phenoxy) is 2. The molecule has 2 aliphatic rings. The van der Waals surface area contributed by atoms with Gasteiger partial charge < -0.3 is 18.8 Å². The van der Waals surface area contributed by atoms with Gasteiger partial charge >= 0.3 is 7.12 Å². The number of hydrogen-bond acceptors (Lipinski definition) is 4. The molecule has 0 N–H and O–H groups in total. The van der Waals surface area contributed by atoms with Crippen LogP contribution >= 0.6 is 11.6 Å². The molecule has 3 atom stereocenters. The molecule has 2 rings (SSSR count). The molecular formula is C14H26BClO4. The predicted molar refractivity (Wildman–Crippen MR) is 80.1 cm³/mol. The minimum absolute atomic E-state index is 0.0286. The Hall–Kier alpha value is 0.195. The molecule has 3 unspecified atom stereocenters. The minimum atomic E-state index is -0.304. The molecule has 0 aromatic carbocycles. The van der Waals surface area contributed by atoms with Crippen molar-refractivity contribution >= 4 is 18.7 Å². The number of alkyl halides is 1. The molecule has 4 nitrogen and oxygen atoms in total. The minimum Gasteiger partial charge on any atom is -0.403 e. The van der Waals surface area contributed by atoms with E-state index in [1.165, 1.54) is 0 Å². The summed E-state index contributed by atoms with van der Waals surface area (Å²) in [5, 5.41) is 0.163. The lowest BCUT2D eigenvalue weighted by Crippen LogP contribution is -2.41. The van der Waals surface area contributed by atoms with Gasteiger partial charge in [-0.25, -0.2) is 0 Å². The Morgan fingerprint density at radius 1 is 1.15 bits per heavy atom. The average molecular weight is 305 g/mol. The average Bonchev–Trinajstić information content (AvgIpc) is 2.55. The van der Waals surface area contributed by atoms with Gasteiger partial charge in [0.15, 0.2) is 0 Å². The van der Waals surface area contributed by atoms with Gasteiger partial charge in [0.05, 0.1) is 17.3 Å². The highest BCUT2D eigenvalue weighted by Gasteiger charge is 2.55. The molecule has 0 aromatic rings. The molecule has 0 amide bonds. The van der Waals surface area contributed by atoms with Crippen molar-refractivity contribution in [2.24, 2.45) is 0 Å². The molecule has 0 spiro atoms. The van der Waals surface area contributed by atoms with Crippen LogP contribution in [0.4, 0.5) is 0 Å². The van der Waals surface area contributed by atoms with Crippen LogP contribution in [-0.2, 0) is 18.8 Å². The van der Waals surface area contributed by atoms with Gasteiger partial charge in [-0.15, -0.1) is 11.6 Å². The molecule has 116 valence electrons. The highest BCUT2D eigenvalue weighted by molar-refractivity contribution is 6.47. The van der Waals surface area contributed by atoms with Crippen molar-refractivity contribution in [1.29, 1.82) is 0 Å². The maximum Gasteiger partial charge on any atom is 0.463 e. The van der Waals surface area contributed by atoms with Crippen LogP contribution in [0.25, 0.3) is 0 Å². The van der Waals surface area contributed by atoms with Crippen molar-refractivity contribution in [3.8, 4) is 0 Å². The summed E-state index contributed by atoms with van der Waals surface area (Å²) in [6.07, 6.45) is 2.78. The normalized spacial score (nSPS) is 36.3. The molecule has 20 heavy (non-hydrogen) atoms. The second-order valence-corrected chi connectivity index (χ2v) is 7.43. The third-order valence-electron chi connectivity index (χ3n) is 4.80. The molecule has 1 aliphatic heterocycles. The van der Waals surface area contributed by atoms with Gasteiger partial charge in [-0.2, -0.15) is 0 Å². The molecule has 6 heteroatoms. The Kier molecular flexibility index (Phi) is 5.08. The molecule has 1 heterocycles. The van der Waals surface area contributed by atoms with E-state index in [4.69, 9.17) is 30.4 Å². The van der Waals surface area contributed by atoms with Gasteiger partial charge in [-0.1, -0.05) is 0 Å². The Balaban J connectivity index is 2.06. The summed E-state index contributed by atoms with van der Waals surface area (Å²) < 4.78 is 23.1. The van der Waals surface area contributed by atoms with Crippen molar-refractivity contribution in [2.75, 3.05) is 13.9 Å². The summed E-state index contributed by atoms with van der Waals surface area (Å²) in [5.74, 6) is 0.209. The zero-order valence-corrected chi connectivity index (χ0v) is 13.9. The Morgan fingerprint density at radius 2 is 1.75 bits per heavy atom. The van der Waals surface area contributed by atoms with Crippen LogP contribution < -0.4 is 0 Å². The van der Waals surface area contributed by atoms with E-state index < -0.39 is 0 Å². The lowest BCUT2D eigenvalue weighted by molar-refractivity contribution is -0.0842. The number of rotatable bonds is 4. The molecule has 1 saturated carbocycles. The Bertz CT molecular complexity index is 321. The zero-order chi connectivity index (χ0) is 15.0. The molecule has 0 radical (unpaired) electrons. The lowest BCUT2D eigenvalue weighted by Gasteiger charge is -2.34. The fourth-order valence-electron chi connectivity index (χ4n) is 2.83. The number of methoxy groups -OCH3 is 1. The van der Waals surface area contributed by atoms with Gasteiger partial charge in [0.1, 0.15) is 6.79 Å². The first-order valence-corrected chi connectivity index (χ1v) is 7.81. The van der Waals surface area contributed by atoms with Gasteiger partial charge in [0.25, 0.3) is 0 Å². The van der Waals surface area contributed by atoms with Crippen molar-refractivity contribution in [2.45, 2.75) is 75.5 Å². The van der Waals surface area contributed by atoms with Crippen molar-refractivity contribution in [3.63, 3.8) is 0 Å². The van der Waals surface area contributed by atoms with E-state index in [9.17, 15) is 0 Å². The van der Waals surface area contributed by atoms with Gasteiger partial charge in [-0.05, 0) is 47.0 Å². The monoisotopic (exact) mass is 304 g/mol. The molecule has 2 fully saturated rings. The summed E-state index contributed by atoms with van der Waals surface area (Å²) in [6, 6.07) is 0.